The molecule has 0 radical (unpaired) electrons. The molecule has 6 heteroatoms. The van der Waals surface area contributed by atoms with Gasteiger partial charge in [-0.1, -0.05) is 12.1 Å². The summed E-state index contributed by atoms with van der Waals surface area (Å²) >= 11 is 0. The standard InChI is InChI=1S/C15H16F3N3/c1-2-20-13-7-14(10-19-9-13)21-8-11-3-5-12(6-4-11)15(16,17)18/h3-7,9-10,20-21H,2,8H2,1H3. The summed E-state index contributed by atoms with van der Waals surface area (Å²) in [5.74, 6) is 0. The largest absolute Gasteiger partial charge is 0.416 e. The van der Waals surface area contributed by atoms with E-state index in [2.05, 4.69) is 15.6 Å². The summed E-state index contributed by atoms with van der Waals surface area (Å²) in [7, 11) is 0. The Hall–Kier alpha value is -2.24. The van der Waals surface area contributed by atoms with Crippen molar-refractivity contribution in [1.82, 2.24) is 4.98 Å². The maximum absolute atomic E-state index is 12.5. The number of nitrogens with one attached hydrogen (secondary N) is 2. The van der Waals surface area contributed by atoms with Crippen molar-refractivity contribution >= 4 is 11.4 Å². The number of alkyl halides is 3. The summed E-state index contributed by atoms with van der Waals surface area (Å²) in [5.41, 5.74) is 1.85. The highest BCUT2D eigenvalue weighted by Crippen LogP contribution is 2.29. The number of nitrogens with zero attached hydrogens (tertiary/aromatic N) is 1. The van der Waals surface area contributed by atoms with Gasteiger partial charge in [0, 0.05) is 13.1 Å². The Morgan fingerprint density at radius 1 is 1.00 bits per heavy atom. The molecule has 0 bridgehead atoms. The molecule has 0 saturated heterocycles. The fourth-order valence-corrected chi connectivity index (χ4v) is 1.85. The second-order valence-electron chi connectivity index (χ2n) is 4.54. The van der Waals surface area contributed by atoms with Crippen LogP contribution in [0.25, 0.3) is 0 Å². The first-order valence-electron chi connectivity index (χ1n) is 6.58. The Bertz CT molecular complexity index is 579. The molecule has 0 atom stereocenters. The second kappa shape index (κ2) is 6.47. The molecule has 2 aromatic rings. The third-order valence-electron chi connectivity index (χ3n) is 2.90. The number of aromatic nitrogens is 1. The monoisotopic (exact) mass is 295 g/mol. The van der Waals surface area contributed by atoms with E-state index in [-0.39, 0.29) is 0 Å². The lowest BCUT2D eigenvalue weighted by Gasteiger charge is -2.10. The molecule has 2 rings (SSSR count). The average molecular weight is 295 g/mol. The molecule has 0 saturated carbocycles. The van der Waals surface area contributed by atoms with Gasteiger partial charge in [-0.3, -0.25) is 4.98 Å². The van der Waals surface area contributed by atoms with Crippen LogP contribution in [0.3, 0.4) is 0 Å². The number of anilines is 2. The topological polar surface area (TPSA) is 37.0 Å². The van der Waals surface area contributed by atoms with Gasteiger partial charge in [0.05, 0.1) is 29.3 Å². The first kappa shape index (κ1) is 15.2. The molecule has 0 aliphatic rings. The summed E-state index contributed by atoms with van der Waals surface area (Å²) in [5, 5.41) is 6.28. The van der Waals surface area contributed by atoms with Gasteiger partial charge in [-0.15, -0.1) is 0 Å². The molecule has 0 amide bonds. The molecule has 21 heavy (non-hydrogen) atoms. The van der Waals surface area contributed by atoms with E-state index in [1.165, 1.54) is 12.1 Å². The van der Waals surface area contributed by atoms with Crippen molar-refractivity contribution < 1.29 is 13.2 Å². The summed E-state index contributed by atoms with van der Waals surface area (Å²) in [4.78, 5) is 4.09. The Labute approximate surface area is 121 Å². The minimum Gasteiger partial charge on any atom is -0.384 e. The minimum atomic E-state index is -4.30. The lowest BCUT2D eigenvalue weighted by atomic mass is 10.1. The van der Waals surface area contributed by atoms with Gasteiger partial charge >= 0.3 is 6.18 Å². The van der Waals surface area contributed by atoms with Gasteiger partial charge in [-0.05, 0) is 30.7 Å². The number of rotatable bonds is 5. The van der Waals surface area contributed by atoms with Crippen molar-refractivity contribution in [2.24, 2.45) is 0 Å². The predicted molar refractivity (Wildman–Crippen MR) is 77.2 cm³/mol. The van der Waals surface area contributed by atoms with E-state index in [0.717, 1.165) is 35.6 Å². The molecule has 3 nitrogen and oxygen atoms in total. The molecule has 1 aromatic carbocycles. The molecule has 0 fully saturated rings. The van der Waals surface area contributed by atoms with Crippen LogP contribution in [-0.4, -0.2) is 11.5 Å². The lowest BCUT2D eigenvalue weighted by Crippen LogP contribution is -2.06. The first-order valence-corrected chi connectivity index (χ1v) is 6.58. The molecule has 0 spiro atoms. The van der Waals surface area contributed by atoms with Crippen molar-refractivity contribution in [3.05, 3.63) is 53.9 Å². The summed E-state index contributed by atoms with van der Waals surface area (Å²) in [6, 6.07) is 7.02. The molecule has 1 aromatic heterocycles. The van der Waals surface area contributed by atoms with Gasteiger partial charge in [0.15, 0.2) is 0 Å². The van der Waals surface area contributed by atoms with Crippen LogP contribution >= 0.6 is 0 Å². The van der Waals surface area contributed by atoms with Gasteiger partial charge in [-0.2, -0.15) is 13.2 Å². The maximum atomic E-state index is 12.5. The van der Waals surface area contributed by atoms with E-state index >= 15 is 0 Å². The van der Waals surface area contributed by atoms with Gasteiger partial charge < -0.3 is 10.6 Å². The van der Waals surface area contributed by atoms with E-state index in [1.807, 2.05) is 13.0 Å². The number of halogens is 3. The third-order valence-corrected chi connectivity index (χ3v) is 2.90. The van der Waals surface area contributed by atoms with Crippen LogP contribution in [0.15, 0.2) is 42.7 Å². The number of benzene rings is 1. The van der Waals surface area contributed by atoms with E-state index in [9.17, 15) is 13.2 Å². The summed E-state index contributed by atoms with van der Waals surface area (Å²) < 4.78 is 37.4. The fraction of sp³-hybridized carbons (Fsp3) is 0.267. The van der Waals surface area contributed by atoms with Crippen molar-refractivity contribution in [2.75, 3.05) is 17.2 Å². The van der Waals surface area contributed by atoms with Crippen LogP contribution in [0.5, 0.6) is 0 Å². The van der Waals surface area contributed by atoms with Crippen LogP contribution in [0, 0.1) is 0 Å². The normalized spacial score (nSPS) is 11.2. The minimum absolute atomic E-state index is 0.440. The van der Waals surface area contributed by atoms with E-state index in [4.69, 9.17) is 0 Å². The van der Waals surface area contributed by atoms with E-state index in [0.29, 0.717) is 6.54 Å². The number of pyridine rings is 1. The molecular weight excluding hydrogens is 279 g/mol. The summed E-state index contributed by atoms with van der Waals surface area (Å²) in [6.07, 6.45) is -0.909. The smallest absolute Gasteiger partial charge is 0.384 e. The first-order chi connectivity index (χ1) is 9.99. The molecule has 0 unspecified atom stereocenters. The van der Waals surface area contributed by atoms with E-state index in [1.54, 1.807) is 12.4 Å². The van der Waals surface area contributed by atoms with Crippen LogP contribution in [0.4, 0.5) is 24.5 Å². The predicted octanol–water partition coefficient (Wildman–Crippen LogP) is 4.14. The summed E-state index contributed by atoms with van der Waals surface area (Å²) in [6.45, 7) is 3.22. The van der Waals surface area contributed by atoms with Crippen LogP contribution in [-0.2, 0) is 12.7 Å². The van der Waals surface area contributed by atoms with Gasteiger partial charge in [0.1, 0.15) is 0 Å². The third kappa shape index (κ3) is 4.37. The Kier molecular flexibility index (Phi) is 4.67. The second-order valence-corrected chi connectivity index (χ2v) is 4.54. The number of hydrogen-bond acceptors (Lipinski definition) is 3. The SMILES string of the molecule is CCNc1cncc(NCc2ccc(C(F)(F)F)cc2)c1. The lowest BCUT2D eigenvalue weighted by molar-refractivity contribution is -0.137. The van der Waals surface area contributed by atoms with E-state index < -0.39 is 11.7 Å². The Balaban J connectivity index is 1.98. The number of hydrogen-bond donors (Lipinski definition) is 2. The van der Waals surface area contributed by atoms with Crippen molar-refractivity contribution in [3.63, 3.8) is 0 Å². The zero-order chi connectivity index (χ0) is 15.3. The average Bonchev–Trinajstić information content (AvgIpc) is 2.45. The highest BCUT2D eigenvalue weighted by atomic mass is 19.4. The molecule has 2 N–H and O–H groups in total. The fourth-order valence-electron chi connectivity index (χ4n) is 1.85. The van der Waals surface area contributed by atoms with Gasteiger partial charge in [-0.25, -0.2) is 0 Å². The maximum Gasteiger partial charge on any atom is 0.416 e. The highest BCUT2D eigenvalue weighted by Gasteiger charge is 2.29. The molecule has 1 heterocycles. The van der Waals surface area contributed by atoms with Gasteiger partial charge in [0.25, 0.3) is 0 Å². The van der Waals surface area contributed by atoms with Crippen LogP contribution < -0.4 is 10.6 Å². The Morgan fingerprint density at radius 3 is 2.19 bits per heavy atom. The van der Waals surface area contributed by atoms with Crippen molar-refractivity contribution in [3.8, 4) is 0 Å². The molecule has 0 aliphatic heterocycles. The van der Waals surface area contributed by atoms with Crippen LogP contribution in [0.2, 0.25) is 0 Å². The highest BCUT2D eigenvalue weighted by molar-refractivity contribution is 5.54. The quantitative estimate of drug-likeness (QED) is 0.870. The Morgan fingerprint density at radius 2 is 1.62 bits per heavy atom. The zero-order valence-electron chi connectivity index (χ0n) is 11.5. The van der Waals surface area contributed by atoms with Crippen LogP contribution in [0.1, 0.15) is 18.1 Å². The van der Waals surface area contributed by atoms with Crippen molar-refractivity contribution in [1.29, 1.82) is 0 Å². The van der Waals surface area contributed by atoms with Crippen molar-refractivity contribution in [2.45, 2.75) is 19.6 Å². The molecular formula is C15H16F3N3. The van der Waals surface area contributed by atoms with Gasteiger partial charge in [0.2, 0.25) is 0 Å². The molecule has 0 aliphatic carbocycles. The molecule has 112 valence electrons. The zero-order valence-corrected chi connectivity index (χ0v) is 11.5.